The highest BCUT2D eigenvalue weighted by atomic mass is 19.4. The summed E-state index contributed by atoms with van der Waals surface area (Å²) >= 11 is 0. The van der Waals surface area contributed by atoms with Crippen LogP contribution in [-0.4, -0.2) is 12.8 Å². The van der Waals surface area contributed by atoms with Crippen LogP contribution in [-0.2, 0) is 0 Å². The minimum absolute atomic E-state index is 0.130. The fourth-order valence-electron chi connectivity index (χ4n) is 0.874. The number of rotatable bonds is 2. The molecule has 2 N–H and O–H groups in total. The molecule has 5 heteroatoms. The van der Waals surface area contributed by atoms with Gasteiger partial charge in [0.05, 0.1) is 0 Å². The van der Waals surface area contributed by atoms with Crippen LogP contribution in [0.2, 0.25) is 0 Å². The molecule has 0 atom stereocenters. The second-order valence-electron chi connectivity index (χ2n) is 2.92. The molecule has 0 radical (unpaired) electrons. The third-order valence-corrected chi connectivity index (χ3v) is 1.65. The Morgan fingerprint density at radius 3 is 2.50 bits per heavy atom. The number of nitrogens with two attached hydrogens (primary N) is 1. The van der Waals surface area contributed by atoms with Crippen LogP contribution < -0.4 is 10.5 Å². The number of alkyl halides is 3. The van der Waals surface area contributed by atoms with E-state index in [1.165, 1.54) is 12.1 Å². The van der Waals surface area contributed by atoms with E-state index in [9.17, 15) is 13.2 Å². The number of aryl methyl sites for hydroxylation is 1. The molecule has 0 aromatic heterocycles. The monoisotopic (exact) mass is 205 g/mol. The van der Waals surface area contributed by atoms with Gasteiger partial charge in [0.25, 0.3) is 0 Å². The van der Waals surface area contributed by atoms with Crippen molar-refractivity contribution in [2.75, 3.05) is 12.3 Å². The SMILES string of the molecule is Cc1ccc(OCC(F)(F)F)cc1N. The van der Waals surface area contributed by atoms with Gasteiger partial charge in [-0.15, -0.1) is 0 Å². The number of nitrogen functional groups attached to an aromatic ring is 1. The number of halogens is 3. The Labute approximate surface area is 79.5 Å². The van der Waals surface area contributed by atoms with Gasteiger partial charge in [0, 0.05) is 11.8 Å². The molecule has 0 heterocycles. The standard InChI is InChI=1S/C9H10F3NO/c1-6-2-3-7(4-8(6)13)14-5-9(10,11)12/h2-4H,5,13H2,1H3. The van der Waals surface area contributed by atoms with Crippen LogP contribution in [0.1, 0.15) is 5.56 Å². The Morgan fingerprint density at radius 1 is 1.36 bits per heavy atom. The Morgan fingerprint density at radius 2 is 2.00 bits per heavy atom. The number of hydrogen-bond donors (Lipinski definition) is 1. The number of ether oxygens (including phenoxy) is 1. The van der Waals surface area contributed by atoms with Crippen molar-refractivity contribution in [1.82, 2.24) is 0 Å². The highest BCUT2D eigenvalue weighted by Gasteiger charge is 2.28. The Bertz CT molecular complexity index is 322. The molecule has 0 saturated carbocycles. The van der Waals surface area contributed by atoms with Crippen molar-refractivity contribution >= 4 is 5.69 Å². The van der Waals surface area contributed by atoms with E-state index >= 15 is 0 Å². The summed E-state index contributed by atoms with van der Waals surface area (Å²) in [5.41, 5.74) is 6.73. The molecular formula is C9H10F3NO. The van der Waals surface area contributed by atoms with Crippen molar-refractivity contribution in [3.8, 4) is 5.75 Å². The quantitative estimate of drug-likeness (QED) is 0.753. The average molecular weight is 205 g/mol. The van der Waals surface area contributed by atoms with Crippen molar-refractivity contribution in [3.63, 3.8) is 0 Å². The molecule has 1 aromatic rings. The average Bonchev–Trinajstić information content (AvgIpc) is 2.06. The zero-order valence-corrected chi connectivity index (χ0v) is 7.56. The van der Waals surface area contributed by atoms with Gasteiger partial charge in [-0.2, -0.15) is 13.2 Å². The molecule has 0 aliphatic heterocycles. The Balaban J connectivity index is 2.65. The summed E-state index contributed by atoms with van der Waals surface area (Å²) in [6, 6.07) is 4.44. The summed E-state index contributed by atoms with van der Waals surface area (Å²) in [6.07, 6.45) is -4.32. The minimum atomic E-state index is -4.32. The van der Waals surface area contributed by atoms with Crippen LogP contribution in [0.25, 0.3) is 0 Å². The zero-order valence-electron chi connectivity index (χ0n) is 7.56. The van der Waals surface area contributed by atoms with Gasteiger partial charge in [-0.3, -0.25) is 0 Å². The van der Waals surface area contributed by atoms with Crippen molar-refractivity contribution in [2.24, 2.45) is 0 Å². The summed E-state index contributed by atoms with van der Waals surface area (Å²) in [5, 5.41) is 0. The zero-order chi connectivity index (χ0) is 10.8. The molecule has 0 unspecified atom stereocenters. The van der Waals surface area contributed by atoms with Crippen molar-refractivity contribution in [2.45, 2.75) is 13.1 Å². The van der Waals surface area contributed by atoms with E-state index in [0.717, 1.165) is 5.56 Å². The predicted octanol–water partition coefficient (Wildman–Crippen LogP) is 2.52. The lowest BCUT2D eigenvalue weighted by atomic mass is 10.2. The van der Waals surface area contributed by atoms with Gasteiger partial charge < -0.3 is 10.5 Å². The molecule has 0 aliphatic carbocycles. The molecule has 1 rings (SSSR count). The van der Waals surface area contributed by atoms with Crippen LogP contribution in [0.15, 0.2) is 18.2 Å². The summed E-state index contributed by atoms with van der Waals surface area (Å²) in [7, 11) is 0. The lowest BCUT2D eigenvalue weighted by Gasteiger charge is -2.10. The van der Waals surface area contributed by atoms with Gasteiger partial charge in [0.1, 0.15) is 5.75 Å². The number of benzene rings is 1. The highest BCUT2D eigenvalue weighted by molar-refractivity contribution is 5.50. The van der Waals surface area contributed by atoms with Gasteiger partial charge >= 0.3 is 6.18 Å². The van der Waals surface area contributed by atoms with Crippen molar-refractivity contribution < 1.29 is 17.9 Å². The van der Waals surface area contributed by atoms with Crippen LogP contribution in [0.5, 0.6) is 5.75 Å². The number of hydrogen-bond acceptors (Lipinski definition) is 2. The first kappa shape index (κ1) is 10.7. The normalized spacial score (nSPS) is 11.4. The molecule has 0 fully saturated rings. The molecule has 0 aliphatic rings. The second kappa shape index (κ2) is 3.77. The maximum absolute atomic E-state index is 11.8. The minimum Gasteiger partial charge on any atom is -0.484 e. The van der Waals surface area contributed by atoms with E-state index in [1.54, 1.807) is 13.0 Å². The molecule has 2 nitrogen and oxygen atoms in total. The maximum Gasteiger partial charge on any atom is 0.422 e. The lowest BCUT2D eigenvalue weighted by Crippen LogP contribution is -2.19. The van der Waals surface area contributed by atoms with E-state index in [2.05, 4.69) is 4.74 Å². The smallest absolute Gasteiger partial charge is 0.422 e. The third kappa shape index (κ3) is 3.16. The van der Waals surface area contributed by atoms with Crippen LogP contribution in [0, 0.1) is 6.92 Å². The first-order chi connectivity index (χ1) is 6.38. The topological polar surface area (TPSA) is 35.2 Å². The lowest BCUT2D eigenvalue weighted by molar-refractivity contribution is -0.153. The van der Waals surface area contributed by atoms with Gasteiger partial charge in [0.15, 0.2) is 6.61 Å². The molecule has 0 saturated heterocycles. The van der Waals surface area contributed by atoms with E-state index in [-0.39, 0.29) is 5.75 Å². The summed E-state index contributed by atoms with van der Waals surface area (Å²) in [4.78, 5) is 0. The van der Waals surface area contributed by atoms with Crippen molar-refractivity contribution in [3.05, 3.63) is 23.8 Å². The molecule has 78 valence electrons. The predicted molar refractivity (Wildman–Crippen MR) is 47.1 cm³/mol. The molecule has 0 amide bonds. The van der Waals surface area contributed by atoms with Crippen LogP contribution in [0.4, 0.5) is 18.9 Å². The first-order valence-corrected chi connectivity index (χ1v) is 3.94. The van der Waals surface area contributed by atoms with Crippen molar-refractivity contribution in [1.29, 1.82) is 0 Å². The van der Waals surface area contributed by atoms with Gasteiger partial charge in [-0.05, 0) is 18.6 Å². The van der Waals surface area contributed by atoms with Gasteiger partial charge in [-0.25, -0.2) is 0 Å². The summed E-state index contributed by atoms with van der Waals surface area (Å²) in [6.45, 7) is 0.471. The second-order valence-corrected chi connectivity index (χ2v) is 2.92. The molecule has 0 bridgehead atoms. The largest absolute Gasteiger partial charge is 0.484 e. The Hall–Kier alpha value is -1.39. The molecule has 0 spiro atoms. The first-order valence-electron chi connectivity index (χ1n) is 3.94. The summed E-state index contributed by atoms with van der Waals surface area (Å²) < 4.78 is 39.8. The highest BCUT2D eigenvalue weighted by Crippen LogP contribution is 2.22. The van der Waals surface area contributed by atoms with E-state index in [0.29, 0.717) is 5.69 Å². The van der Waals surface area contributed by atoms with Crippen LogP contribution in [0.3, 0.4) is 0 Å². The summed E-state index contributed by atoms with van der Waals surface area (Å²) in [5.74, 6) is 0.130. The van der Waals surface area contributed by atoms with Gasteiger partial charge in [0.2, 0.25) is 0 Å². The molecule has 1 aromatic carbocycles. The fourth-order valence-corrected chi connectivity index (χ4v) is 0.874. The molecular weight excluding hydrogens is 195 g/mol. The van der Waals surface area contributed by atoms with E-state index in [1.807, 2.05) is 0 Å². The van der Waals surface area contributed by atoms with Crippen LogP contribution >= 0.6 is 0 Å². The molecule has 14 heavy (non-hydrogen) atoms. The van der Waals surface area contributed by atoms with Gasteiger partial charge in [-0.1, -0.05) is 6.07 Å². The fraction of sp³-hybridized carbons (Fsp3) is 0.333. The Kier molecular flexibility index (Phi) is 2.88. The maximum atomic E-state index is 11.8. The number of anilines is 1. The third-order valence-electron chi connectivity index (χ3n) is 1.65. The van der Waals surface area contributed by atoms with E-state index < -0.39 is 12.8 Å². The van der Waals surface area contributed by atoms with E-state index in [4.69, 9.17) is 5.73 Å².